The standard InChI is InChI=1S/C23H22N2O4S3/c1-25(2)32(27,28)20-11-6-3-8-16(20)14-24-23(26)22-18(15-31-21-12-7-13-30-21)17-9-4-5-10-19(17)29-22/h3-13H,14-15H2,1-2H3,(H,24,26). The van der Waals surface area contributed by atoms with Crippen LogP contribution in [0.15, 0.2) is 79.6 Å². The van der Waals surface area contributed by atoms with E-state index in [0.717, 1.165) is 19.5 Å². The number of furan rings is 1. The first kappa shape index (κ1) is 22.6. The second kappa shape index (κ2) is 9.50. The highest BCUT2D eigenvalue weighted by molar-refractivity contribution is 8.00. The van der Waals surface area contributed by atoms with E-state index in [0.29, 0.717) is 16.9 Å². The second-order valence-corrected chi connectivity index (χ2v) is 11.5. The molecule has 0 spiro atoms. The fraction of sp³-hybridized carbons (Fsp3) is 0.174. The molecule has 0 aliphatic carbocycles. The SMILES string of the molecule is CN(C)S(=O)(=O)c1ccccc1CNC(=O)c1oc2ccccc2c1CSc1cccs1. The maximum Gasteiger partial charge on any atom is 0.287 e. The molecule has 2 heterocycles. The van der Waals surface area contributed by atoms with E-state index in [-0.39, 0.29) is 23.1 Å². The van der Waals surface area contributed by atoms with Gasteiger partial charge in [0.05, 0.1) is 9.10 Å². The van der Waals surface area contributed by atoms with Crippen LogP contribution in [0.3, 0.4) is 0 Å². The first-order valence-electron chi connectivity index (χ1n) is 9.83. The van der Waals surface area contributed by atoms with Gasteiger partial charge in [-0.1, -0.05) is 42.5 Å². The topological polar surface area (TPSA) is 79.6 Å². The molecule has 0 bridgehead atoms. The number of hydrogen-bond acceptors (Lipinski definition) is 6. The fourth-order valence-corrected chi connectivity index (χ4v) is 6.20. The lowest BCUT2D eigenvalue weighted by Crippen LogP contribution is -2.27. The van der Waals surface area contributed by atoms with Gasteiger partial charge in [0, 0.05) is 37.3 Å². The maximum absolute atomic E-state index is 13.1. The van der Waals surface area contributed by atoms with Crippen molar-refractivity contribution in [2.75, 3.05) is 14.1 Å². The van der Waals surface area contributed by atoms with E-state index in [2.05, 4.69) is 5.32 Å². The molecule has 0 radical (unpaired) electrons. The van der Waals surface area contributed by atoms with Gasteiger partial charge in [0.2, 0.25) is 10.0 Å². The molecular weight excluding hydrogens is 464 g/mol. The first-order chi connectivity index (χ1) is 15.4. The van der Waals surface area contributed by atoms with E-state index in [4.69, 9.17) is 4.42 Å². The molecule has 0 aliphatic rings. The van der Waals surface area contributed by atoms with Crippen molar-refractivity contribution in [3.05, 3.63) is 82.9 Å². The van der Waals surface area contributed by atoms with E-state index in [1.54, 1.807) is 47.4 Å². The van der Waals surface area contributed by atoms with E-state index in [1.165, 1.54) is 14.1 Å². The minimum Gasteiger partial charge on any atom is -0.451 e. The number of rotatable bonds is 8. The predicted molar refractivity (Wildman–Crippen MR) is 129 cm³/mol. The molecule has 0 atom stereocenters. The van der Waals surface area contributed by atoms with E-state index in [1.807, 2.05) is 41.8 Å². The highest BCUT2D eigenvalue weighted by Gasteiger charge is 2.23. The van der Waals surface area contributed by atoms with Crippen LogP contribution in [0.5, 0.6) is 0 Å². The minimum absolute atomic E-state index is 0.0661. The minimum atomic E-state index is -3.63. The number of benzene rings is 2. The summed E-state index contributed by atoms with van der Waals surface area (Å²) in [6, 6.07) is 18.3. The van der Waals surface area contributed by atoms with E-state index >= 15 is 0 Å². The zero-order chi connectivity index (χ0) is 22.7. The van der Waals surface area contributed by atoms with E-state index in [9.17, 15) is 13.2 Å². The zero-order valence-electron chi connectivity index (χ0n) is 17.6. The number of amides is 1. The van der Waals surface area contributed by atoms with Crippen LogP contribution in [0.1, 0.15) is 21.7 Å². The number of nitrogens with one attached hydrogen (secondary N) is 1. The first-order valence-corrected chi connectivity index (χ1v) is 13.1. The van der Waals surface area contributed by atoms with Gasteiger partial charge in [-0.2, -0.15) is 0 Å². The summed E-state index contributed by atoms with van der Waals surface area (Å²) in [5.74, 6) is 0.467. The molecular formula is C23H22N2O4S3. The lowest BCUT2D eigenvalue weighted by molar-refractivity contribution is 0.0924. The molecule has 0 saturated carbocycles. The van der Waals surface area contributed by atoms with Crippen LogP contribution >= 0.6 is 23.1 Å². The van der Waals surface area contributed by atoms with Crippen molar-refractivity contribution < 1.29 is 17.6 Å². The van der Waals surface area contributed by atoms with Gasteiger partial charge >= 0.3 is 0 Å². The fourth-order valence-electron chi connectivity index (χ4n) is 3.27. The van der Waals surface area contributed by atoms with Crippen molar-refractivity contribution in [2.45, 2.75) is 21.4 Å². The summed E-state index contributed by atoms with van der Waals surface area (Å²) < 4.78 is 33.5. The molecule has 0 unspecified atom stereocenters. The molecule has 0 fully saturated rings. The number of hydrogen-bond donors (Lipinski definition) is 1. The number of thiophene rings is 1. The Hall–Kier alpha value is -2.59. The van der Waals surface area contributed by atoms with Crippen LogP contribution < -0.4 is 5.32 Å². The summed E-state index contributed by atoms with van der Waals surface area (Å²) in [7, 11) is -0.661. The lowest BCUT2D eigenvalue weighted by atomic mass is 10.1. The molecule has 6 nitrogen and oxygen atoms in total. The monoisotopic (exact) mass is 486 g/mol. The smallest absolute Gasteiger partial charge is 0.287 e. The number of carbonyl (C=O) groups excluding carboxylic acids is 1. The van der Waals surface area contributed by atoms with Crippen LogP contribution in [0.4, 0.5) is 0 Å². The van der Waals surface area contributed by atoms with Crippen LogP contribution in [0.2, 0.25) is 0 Å². The summed E-state index contributed by atoms with van der Waals surface area (Å²) >= 11 is 3.30. The Balaban J connectivity index is 1.60. The molecule has 4 aromatic rings. The van der Waals surface area contributed by atoms with Crippen molar-refractivity contribution in [3.8, 4) is 0 Å². The number of carbonyl (C=O) groups is 1. The van der Waals surface area contributed by atoms with Gasteiger partial charge in [-0.25, -0.2) is 12.7 Å². The molecule has 0 saturated heterocycles. The summed E-state index contributed by atoms with van der Waals surface area (Å²) in [6.45, 7) is 0.0661. The highest BCUT2D eigenvalue weighted by Crippen LogP contribution is 2.33. The van der Waals surface area contributed by atoms with Crippen molar-refractivity contribution in [2.24, 2.45) is 0 Å². The quantitative estimate of drug-likeness (QED) is 0.356. The third-order valence-corrected chi connectivity index (χ3v) is 9.00. The number of para-hydroxylation sites is 1. The van der Waals surface area contributed by atoms with Crippen molar-refractivity contribution in [1.29, 1.82) is 0 Å². The number of nitrogens with zero attached hydrogens (tertiary/aromatic N) is 1. The Morgan fingerprint density at radius 1 is 1.06 bits per heavy atom. The van der Waals surface area contributed by atoms with Gasteiger partial charge in [-0.05, 0) is 29.1 Å². The summed E-state index contributed by atoms with van der Waals surface area (Å²) in [4.78, 5) is 13.3. The molecule has 32 heavy (non-hydrogen) atoms. The van der Waals surface area contributed by atoms with Crippen LogP contribution in [-0.2, 0) is 22.3 Å². The van der Waals surface area contributed by atoms with E-state index < -0.39 is 10.0 Å². The van der Waals surface area contributed by atoms with Gasteiger partial charge in [0.1, 0.15) is 5.58 Å². The zero-order valence-corrected chi connectivity index (χ0v) is 20.0. The molecule has 2 aromatic heterocycles. The number of thioether (sulfide) groups is 1. The number of sulfonamides is 1. The van der Waals surface area contributed by atoms with Crippen molar-refractivity contribution in [3.63, 3.8) is 0 Å². The Bertz CT molecular complexity index is 1340. The van der Waals surface area contributed by atoms with Crippen molar-refractivity contribution in [1.82, 2.24) is 9.62 Å². The Morgan fingerprint density at radius 3 is 2.56 bits per heavy atom. The van der Waals surface area contributed by atoms with Crippen molar-refractivity contribution >= 4 is 50.0 Å². The van der Waals surface area contributed by atoms with Gasteiger partial charge in [-0.3, -0.25) is 4.79 Å². The average Bonchev–Trinajstić information content (AvgIpc) is 3.43. The van der Waals surface area contributed by atoms with Gasteiger partial charge in [0.15, 0.2) is 5.76 Å². The highest BCUT2D eigenvalue weighted by atomic mass is 32.2. The van der Waals surface area contributed by atoms with Crippen LogP contribution in [0.25, 0.3) is 11.0 Å². The Labute approximate surface area is 195 Å². The molecule has 9 heteroatoms. The van der Waals surface area contributed by atoms with Crippen LogP contribution in [0, 0.1) is 0 Å². The Morgan fingerprint density at radius 2 is 1.81 bits per heavy atom. The maximum atomic E-state index is 13.1. The normalized spacial score (nSPS) is 11.8. The summed E-state index contributed by atoms with van der Waals surface area (Å²) in [5, 5.41) is 5.76. The summed E-state index contributed by atoms with van der Waals surface area (Å²) in [6.07, 6.45) is 0. The van der Waals surface area contributed by atoms with Gasteiger partial charge in [-0.15, -0.1) is 23.1 Å². The Kier molecular flexibility index (Phi) is 6.71. The third kappa shape index (κ3) is 4.61. The second-order valence-electron chi connectivity index (χ2n) is 7.20. The number of fused-ring (bicyclic) bond motifs is 1. The molecule has 4 rings (SSSR count). The summed E-state index contributed by atoms with van der Waals surface area (Å²) in [5.41, 5.74) is 1.99. The largest absolute Gasteiger partial charge is 0.451 e. The molecule has 2 aromatic carbocycles. The third-order valence-electron chi connectivity index (χ3n) is 4.93. The molecule has 166 valence electrons. The molecule has 0 aliphatic heterocycles. The molecule has 1 amide bonds. The van der Waals surface area contributed by atoms with Gasteiger partial charge in [0.25, 0.3) is 5.91 Å². The molecule has 1 N–H and O–H groups in total. The van der Waals surface area contributed by atoms with Crippen LogP contribution in [-0.4, -0.2) is 32.7 Å². The predicted octanol–water partition coefficient (Wildman–Crippen LogP) is 4.97. The average molecular weight is 487 g/mol. The van der Waals surface area contributed by atoms with Gasteiger partial charge < -0.3 is 9.73 Å². The lowest BCUT2D eigenvalue weighted by Gasteiger charge is -2.15.